The van der Waals surface area contributed by atoms with E-state index in [4.69, 9.17) is 0 Å². The first-order valence-corrected chi connectivity index (χ1v) is 3.28. The average Bonchev–Trinajstić information content (AvgIpc) is 1.78. The van der Waals surface area contributed by atoms with Crippen LogP contribution in [0.25, 0.3) is 0 Å². The zero-order chi connectivity index (χ0) is 7.78. The van der Waals surface area contributed by atoms with Gasteiger partial charge in [0.2, 0.25) is 0 Å². The van der Waals surface area contributed by atoms with E-state index in [0.29, 0.717) is 6.42 Å². The van der Waals surface area contributed by atoms with Gasteiger partial charge in [-0.1, -0.05) is 13.8 Å². The smallest absolute Gasteiger partial charge is 0.161 e. The summed E-state index contributed by atoms with van der Waals surface area (Å²) in [7, 11) is 0. The highest BCUT2D eigenvalue weighted by Crippen LogP contribution is 2.25. The summed E-state index contributed by atoms with van der Waals surface area (Å²) in [6, 6.07) is 0. The first-order valence-electron chi connectivity index (χ1n) is 3.28. The fourth-order valence-corrected chi connectivity index (χ4v) is 0.976. The Kier molecular flexibility index (Phi) is 1.47. The van der Waals surface area contributed by atoms with Gasteiger partial charge in [0.05, 0.1) is 0 Å². The van der Waals surface area contributed by atoms with E-state index in [0.717, 1.165) is 0 Å². The van der Waals surface area contributed by atoms with Crippen LogP contribution in [0.4, 0.5) is 0 Å². The highest BCUT2D eigenvalue weighted by molar-refractivity contribution is 6.07. The van der Waals surface area contributed by atoms with E-state index in [1.807, 2.05) is 0 Å². The third kappa shape index (κ3) is 1.15. The maximum atomic E-state index is 11.0. The predicted octanol–water partition coefficient (Wildman–Crippen LogP) is 1.11. The quantitative estimate of drug-likeness (QED) is 0.502. The monoisotopic (exact) mass is 138 g/mol. The predicted molar refractivity (Wildman–Crippen MR) is 37.6 cm³/mol. The molecule has 2 heteroatoms. The van der Waals surface area contributed by atoms with E-state index < -0.39 is 5.41 Å². The molecule has 0 aliphatic heterocycles. The zero-order valence-corrected chi connectivity index (χ0v) is 6.18. The van der Waals surface area contributed by atoms with Crippen LogP contribution >= 0.6 is 0 Å². The Morgan fingerprint density at radius 2 is 1.90 bits per heavy atom. The lowest BCUT2D eigenvalue weighted by atomic mass is 9.79. The van der Waals surface area contributed by atoms with Crippen LogP contribution in [0.5, 0.6) is 0 Å². The van der Waals surface area contributed by atoms with Crippen LogP contribution in [0.2, 0.25) is 0 Å². The molecule has 0 saturated carbocycles. The summed E-state index contributed by atoms with van der Waals surface area (Å²) in [6.45, 7) is 3.58. The number of carbonyl (C=O) groups excluding carboxylic acids is 2. The first kappa shape index (κ1) is 7.19. The van der Waals surface area contributed by atoms with Gasteiger partial charge in [0.1, 0.15) is 0 Å². The molecule has 0 unspecified atom stereocenters. The number of hydrogen-bond donors (Lipinski definition) is 0. The molecule has 0 aromatic heterocycles. The Balaban J connectivity index is 2.93. The molecule has 10 heavy (non-hydrogen) atoms. The molecule has 0 bridgehead atoms. The number of hydrogen-bond acceptors (Lipinski definition) is 2. The largest absolute Gasteiger partial charge is 0.295 e. The number of carbonyl (C=O) groups is 2. The van der Waals surface area contributed by atoms with Gasteiger partial charge >= 0.3 is 0 Å². The Morgan fingerprint density at radius 1 is 1.30 bits per heavy atom. The van der Waals surface area contributed by atoms with Crippen molar-refractivity contribution in [3.8, 4) is 0 Å². The van der Waals surface area contributed by atoms with Gasteiger partial charge in [-0.3, -0.25) is 9.59 Å². The van der Waals surface area contributed by atoms with Gasteiger partial charge in [0.25, 0.3) is 0 Å². The van der Waals surface area contributed by atoms with E-state index in [9.17, 15) is 9.59 Å². The van der Waals surface area contributed by atoms with Crippen LogP contribution in [0.1, 0.15) is 20.3 Å². The number of rotatable bonds is 0. The molecule has 1 rings (SSSR count). The molecule has 0 N–H and O–H groups in total. The molecule has 1 aliphatic carbocycles. The number of ketones is 2. The molecule has 0 aromatic rings. The average molecular weight is 138 g/mol. The molecule has 54 valence electrons. The zero-order valence-electron chi connectivity index (χ0n) is 6.18. The molecule has 0 radical (unpaired) electrons. The Morgan fingerprint density at radius 3 is 2.30 bits per heavy atom. The highest BCUT2D eigenvalue weighted by atomic mass is 16.1. The fraction of sp³-hybridized carbons (Fsp3) is 0.500. The fourth-order valence-electron chi connectivity index (χ4n) is 0.976. The molecule has 0 fully saturated rings. The Bertz CT molecular complexity index is 211. The van der Waals surface area contributed by atoms with Crippen LogP contribution < -0.4 is 0 Å². The van der Waals surface area contributed by atoms with E-state index in [1.54, 1.807) is 13.8 Å². The standard InChI is InChI=1S/C8H10O2/c1-8(2)5-6(9)3-4-7(8)10/h3-4H,5H2,1-2H3. The van der Waals surface area contributed by atoms with E-state index in [2.05, 4.69) is 0 Å². The maximum Gasteiger partial charge on any atom is 0.161 e. The van der Waals surface area contributed by atoms with Gasteiger partial charge in [-0.15, -0.1) is 0 Å². The van der Waals surface area contributed by atoms with Crippen LogP contribution in [0, 0.1) is 5.41 Å². The molecule has 0 atom stereocenters. The van der Waals surface area contributed by atoms with Crippen LogP contribution in [-0.2, 0) is 9.59 Å². The van der Waals surface area contributed by atoms with Crippen molar-refractivity contribution in [2.45, 2.75) is 20.3 Å². The highest BCUT2D eigenvalue weighted by Gasteiger charge is 2.30. The first-order chi connectivity index (χ1) is 4.52. The van der Waals surface area contributed by atoms with Crippen molar-refractivity contribution in [1.29, 1.82) is 0 Å². The lowest BCUT2D eigenvalue weighted by molar-refractivity contribution is -0.128. The van der Waals surface area contributed by atoms with E-state index in [-0.39, 0.29) is 11.6 Å². The van der Waals surface area contributed by atoms with Crippen molar-refractivity contribution in [3.63, 3.8) is 0 Å². The minimum atomic E-state index is -0.466. The molecule has 0 heterocycles. The van der Waals surface area contributed by atoms with Crippen molar-refractivity contribution in [2.24, 2.45) is 5.41 Å². The van der Waals surface area contributed by atoms with Crippen molar-refractivity contribution in [2.75, 3.05) is 0 Å². The van der Waals surface area contributed by atoms with E-state index >= 15 is 0 Å². The minimum absolute atomic E-state index is 0.0459. The molecule has 1 aliphatic rings. The van der Waals surface area contributed by atoms with Crippen LogP contribution in [0.15, 0.2) is 12.2 Å². The van der Waals surface area contributed by atoms with Crippen molar-refractivity contribution >= 4 is 11.6 Å². The molecule has 0 amide bonds. The molecular formula is C8H10O2. The second kappa shape index (κ2) is 2.04. The topological polar surface area (TPSA) is 34.1 Å². The maximum absolute atomic E-state index is 11.0. The van der Waals surface area contributed by atoms with Crippen molar-refractivity contribution < 1.29 is 9.59 Å². The van der Waals surface area contributed by atoms with Crippen molar-refractivity contribution in [3.05, 3.63) is 12.2 Å². The Labute approximate surface area is 59.9 Å². The summed E-state index contributed by atoms with van der Waals surface area (Å²) >= 11 is 0. The van der Waals surface area contributed by atoms with Gasteiger partial charge in [-0.2, -0.15) is 0 Å². The summed E-state index contributed by atoms with van der Waals surface area (Å²) in [6.07, 6.45) is 3.07. The molecule has 0 spiro atoms. The molecular weight excluding hydrogens is 128 g/mol. The second-order valence-corrected chi connectivity index (χ2v) is 3.22. The lowest BCUT2D eigenvalue weighted by Gasteiger charge is -2.22. The SMILES string of the molecule is CC1(C)CC(=O)C=CC1=O. The second-order valence-electron chi connectivity index (χ2n) is 3.22. The normalized spacial score (nSPS) is 23.4. The Hall–Kier alpha value is -0.920. The van der Waals surface area contributed by atoms with Gasteiger partial charge < -0.3 is 0 Å². The third-order valence-electron chi connectivity index (χ3n) is 1.70. The number of allylic oxidation sites excluding steroid dienone is 2. The van der Waals surface area contributed by atoms with Crippen LogP contribution in [0.3, 0.4) is 0 Å². The summed E-state index contributed by atoms with van der Waals surface area (Å²) in [4.78, 5) is 21.8. The molecule has 0 saturated heterocycles. The van der Waals surface area contributed by atoms with Gasteiger partial charge in [0.15, 0.2) is 11.6 Å². The summed E-state index contributed by atoms with van der Waals surface area (Å²) < 4.78 is 0. The van der Waals surface area contributed by atoms with Gasteiger partial charge in [0, 0.05) is 11.8 Å². The summed E-state index contributed by atoms with van der Waals surface area (Å²) in [5.74, 6) is 0.0942. The lowest BCUT2D eigenvalue weighted by Crippen LogP contribution is -2.28. The summed E-state index contributed by atoms with van der Waals surface area (Å²) in [5.41, 5.74) is -0.466. The van der Waals surface area contributed by atoms with E-state index in [1.165, 1.54) is 12.2 Å². The van der Waals surface area contributed by atoms with Gasteiger partial charge in [-0.05, 0) is 12.2 Å². The minimum Gasteiger partial charge on any atom is -0.295 e. The molecule has 0 aromatic carbocycles. The third-order valence-corrected chi connectivity index (χ3v) is 1.70. The summed E-state index contributed by atoms with van der Waals surface area (Å²) in [5, 5.41) is 0. The molecule has 2 nitrogen and oxygen atoms in total. The van der Waals surface area contributed by atoms with Crippen LogP contribution in [-0.4, -0.2) is 11.6 Å². The van der Waals surface area contributed by atoms with Gasteiger partial charge in [-0.25, -0.2) is 0 Å². The van der Waals surface area contributed by atoms with Crippen molar-refractivity contribution in [1.82, 2.24) is 0 Å².